The first-order valence-corrected chi connectivity index (χ1v) is 9.26. The molecule has 0 aromatic carbocycles. The summed E-state index contributed by atoms with van der Waals surface area (Å²) in [6.45, 7) is 3.43. The van der Waals surface area contributed by atoms with E-state index in [0.29, 0.717) is 10.8 Å². The zero-order chi connectivity index (χ0) is 16.9. The van der Waals surface area contributed by atoms with Crippen LogP contribution in [0.25, 0.3) is 0 Å². The van der Waals surface area contributed by atoms with Crippen molar-refractivity contribution in [1.29, 1.82) is 0 Å². The van der Waals surface area contributed by atoms with Gasteiger partial charge in [-0.15, -0.1) is 15.7 Å². The topological polar surface area (TPSA) is 128 Å². The minimum absolute atomic E-state index is 0.148. The van der Waals surface area contributed by atoms with Gasteiger partial charge >= 0.3 is 0 Å². The fourth-order valence-electron chi connectivity index (χ4n) is 1.57. The first kappa shape index (κ1) is 19.0. The van der Waals surface area contributed by atoms with Gasteiger partial charge in [0.1, 0.15) is 0 Å². The van der Waals surface area contributed by atoms with Gasteiger partial charge in [-0.2, -0.15) is 0 Å². The number of halogens is 1. The molecule has 0 spiro atoms. The van der Waals surface area contributed by atoms with Crippen LogP contribution < -0.4 is 16.2 Å². The van der Waals surface area contributed by atoms with E-state index in [-0.39, 0.29) is 17.4 Å². The van der Waals surface area contributed by atoms with E-state index in [1.54, 1.807) is 0 Å². The molecule has 0 aliphatic rings. The van der Waals surface area contributed by atoms with Crippen LogP contribution in [-0.2, 0) is 19.5 Å². The number of nitrogens with zero attached hydrogens (tertiary/aromatic N) is 1. The van der Waals surface area contributed by atoms with Crippen molar-refractivity contribution in [3.8, 4) is 0 Å². The second kappa shape index (κ2) is 8.02. The molecular weight excluding hydrogens is 348 g/mol. The van der Waals surface area contributed by atoms with E-state index in [1.807, 2.05) is 13.8 Å². The summed E-state index contributed by atoms with van der Waals surface area (Å²) in [4.78, 5) is 23.7. The zero-order valence-electron chi connectivity index (χ0n) is 12.2. The van der Waals surface area contributed by atoms with Crippen LogP contribution in [0.3, 0.4) is 0 Å². The third kappa shape index (κ3) is 5.33. The van der Waals surface area contributed by atoms with Crippen LogP contribution in [0.15, 0.2) is 20.7 Å². The molecule has 0 saturated carbocycles. The van der Waals surface area contributed by atoms with Crippen molar-refractivity contribution in [2.24, 2.45) is 21.7 Å². The first-order valence-electron chi connectivity index (χ1n) is 6.49. The van der Waals surface area contributed by atoms with Crippen molar-refractivity contribution in [3.05, 3.63) is 15.8 Å². The molecular formula is C12H19ClN4O3S2. The number of hydrogen-bond acceptors (Lipinski definition) is 6. The highest BCUT2D eigenvalue weighted by molar-refractivity contribution is 7.92. The average Bonchev–Trinajstić information content (AvgIpc) is 2.85. The number of carbonyl (C=O) groups excluding carboxylic acids is 2. The molecule has 0 fully saturated rings. The predicted molar refractivity (Wildman–Crippen MR) is 87.8 cm³/mol. The van der Waals surface area contributed by atoms with E-state index in [9.17, 15) is 13.8 Å². The lowest BCUT2D eigenvalue weighted by molar-refractivity contribution is -0.119. The van der Waals surface area contributed by atoms with Crippen LogP contribution in [0.1, 0.15) is 20.3 Å². The largest absolute Gasteiger partial charge is 0.322 e. The molecule has 1 aromatic heterocycles. The summed E-state index contributed by atoms with van der Waals surface area (Å²) >= 11 is 6.92. The number of rotatable bonds is 6. The maximum atomic E-state index is 12.9. The summed E-state index contributed by atoms with van der Waals surface area (Å²) < 4.78 is 19.1. The smallest absolute Gasteiger partial charge is 0.272 e. The molecule has 1 rings (SSSR count). The molecule has 1 heterocycles. The molecule has 0 aliphatic carbocycles. The quantitative estimate of drug-likeness (QED) is 0.695. The Morgan fingerprint density at radius 2 is 2.14 bits per heavy atom. The van der Waals surface area contributed by atoms with Gasteiger partial charge < -0.3 is 11.5 Å². The lowest BCUT2D eigenvalue weighted by Gasteiger charge is -2.13. The Balaban J connectivity index is 3.20. The fraction of sp³-hybridized carbons (Fsp3) is 0.500. The van der Waals surface area contributed by atoms with Crippen molar-refractivity contribution in [1.82, 2.24) is 4.72 Å². The van der Waals surface area contributed by atoms with Crippen molar-refractivity contribution in [2.75, 3.05) is 6.54 Å². The van der Waals surface area contributed by atoms with Gasteiger partial charge in [0.2, 0.25) is 5.91 Å². The Kier molecular flexibility index (Phi) is 6.95. The number of nitrogens with one attached hydrogen (secondary N) is 1. The number of thiophene rings is 1. The Morgan fingerprint density at radius 3 is 2.59 bits per heavy atom. The summed E-state index contributed by atoms with van der Waals surface area (Å²) in [5, 5.41) is 1.46. The molecule has 0 saturated heterocycles. The van der Waals surface area contributed by atoms with E-state index in [2.05, 4.69) is 9.08 Å². The lowest BCUT2D eigenvalue weighted by Crippen LogP contribution is -2.37. The summed E-state index contributed by atoms with van der Waals surface area (Å²) in [5.41, 5.74) is 10.9. The van der Waals surface area contributed by atoms with Crippen LogP contribution in [0.2, 0.25) is 4.34 Å². The summed E-state index contributed by atoms with van der Waals surface area (Å²) in [7, 11) is -3.50. The van der Waals surface area contributed by atoms with Crippen molar-refractivity contribution >= 4 is 44.7 Å². The first-order chi connectivity index (χ1) is 10.2. The van der Waals surface area contributed by atoms with E-state index < -0.39 is 27.8 Å². The van der Waals surface area contributed by atoms with E-state index in [0.717, 1.165) is 11.3 Å². The highest BCUT2D eigenvalue weighted by Gasteiger charge is 2.22. The van der Waals surface area contributed by atoms with E-state index in [1.165, 1.54) is 11.4 Å². The summed E-state index contributed by atoms with van der Waals surface area (Å²) in [6.07, 6.45) is 0.396. The third-order valence-corrected chi connectivity index (χ3v) is 5.62. The number of amides is 2. The van der Waals surface area contributed by atoms with E-state index in [4.69, 9.17) is 23.1 Å². The van der Waals surface area contributed by atoms with Crippen molar-refractivity contribution < 1.29 is 13.8 Å². The van der Waals surface area contributed by atoms with Crippen LogP contribution in [0.5, 0.6) is 0 Å². The van der Waals surface area contributed by atoms with Crippen molar-refractivity contribution in [2.45, 2.75) is 31.2 Å². The minimum Gasteiger partial charge on any atom is -0.322 e. The Bertz CT molecular complexity index is 665. The lowest BCUT2D eigenvalue weighted by atomic mass is 10.0. The third-order valence-electron chi connectivity index (χ3n) is 2.56. The molecule has 0 radical (unpaired) electrons. The van der Waals surface area contributed by atoms with Crippen LogP contribution in [0, 0.1) is 5.92 Å². The van der Waals surface area contributed by atoms with Gasteiger partial charge in [-0.25, -0.2) is 4.21 Å². The summed E-state index contributed by atoms with van der Waals surface area (Å²) in [5.74, 6) is -1.25. The molecule has 0 bridgehead atoms. The Hall–Kier alpha value is -1.00. The van der Waals surface area contributed by atoms with E-state index >= 15 is 0 Å². The maximum Gasteiger partial charge on any atom is 0.272 e. The van der Waals surface area contributed by atoms with Crippen LogP contribution in [-0.4, -0.2) is 28.6 Å². The second-order valence-corrected chi connectivity index (χ2v) is 8.46. The van der Waals surface area contributed by atoms with Crippen LogP contribution >= 0.6 is 22.9 Å². The average molecular weight is 367 g/mol. The van der Waals surface area contributed by atoms with Gasteiger partial charge in [-0.1, -0.05) is 25.4 Å². The van der Waals surface area contributed by atoms with Gasteiger partial charge in [0.25, 0.3) is 5.91 Å². The number of carbonyl (C=O) groups is 2. The molecule has 5 N–H and O–H groups in total. The molecule has 0 aliphatic heterocycles. The Labute approximate surface area is 138 Å². The Morgan fingerprint density at radius 1 is 1.50 bits per heavy atom. The molecule has 1 aromatic rings. The van der Waals surface area contributed by atoms with Crippen molar-refractivity contribution in [3.63, 3.8) is 0 Å². The molecule has 10 heteroatoms. The fourth-order valence-corrected chi connectivity index (χ4v) is 4.45. The molecule has 124 valence electrons. The highest BCUT2D eigenvalue weighted by atomic mass is 35.5. The number of hydrogen-bond donors (Lipinski definition) is 3. The molecule has 7 nitrogen and oxygen atoms in total. The molecule has 2 atom stereocenters. The molecule has 1 unspecified atom stereocenters. The van der Waals surface area contributed by atoms with Gasteiger partial charge in [0.15, 0.2) is 9.92 Å². The number of nitrogens with two attached hydrogens (primary N) is 2. The summed E-state index contributed by atoms with van der Waals surface area (Å²) in [6, 6.07) is 0.500. The maximum absolute atomic E-state index is 12.9. The predicted octanol–water partition coefficient (Wildman–Crippen LogP) is 1.12. The van der Waals surface area contributed by atoms with Gasteiger partial charge in [-0.05, 0) is 18.4 Å². The molecule has 2 amide bonds. The normalized spacial score (nSPS) is 15.2. The van der Waals surface area contributed by atoms with Gasteiger partial charge in [0, 0.05) is 5.38 Å². The standard InChI is InChI=1S/C12H19ClN4O3S2/c1-7(2)3-9(15)12(19)17-22(20,16-11(18)5-14)8-4-10(13)21-6-8/h4,6-7,9H,3,5,14-15H2,1-2H3,(H,16,17,18,19,20)/t9-,22?/m0/s1. The highest BCUT2D eigenvalue weighted by Crippen LogP contribution is 2.24. The van der Waals surface area contributed by atoms with Gasteiger partial charge in [0.05, 0.1) is 21.8 Å². The monoisotopic (exact) mass is 366 g/mol. The van der Waals surface area contributed by atoms with Crippen LogP contribution in [0.4, 0.5) is 0 Å². The minimum atomic E-state index is -3.50. The van der Waals surface area contributed by atoms with Gasteiger partial charge in [-0.3, -0.25) is 14.3 Å². The molecule has 22 heavy (non-hydrogen) atoms. The second-order valence-electron chi connectivity index (χ2n) is 5.01. The zero-order valence-corrected chi connectivity index (χ0v) is 14.6. The SMILES string of the molecule is CC(C)C[C@H](N)C(=O)N=S(=O)(NC(=O)CN)c1csc(Cl)c1.